The summed E-state index contributed by atoms with van der Waals surface area (Å²) in [6.45, 7) is 0. The lowest BCUT2D eigenvalue weighted by Crippen LogP contribution is -2.17. The van der Waals surface area contributed by atoms with Crippen molar-refractivity contribution in [2.75, 3.05) is 0 Å². The Hall–Kier alpha value is -2.20. The summed E-state index contributed by atoms with van der Waals surface area (Å²) in [6, 6.07) is 16.6. The number of Topliss-reactive ketones (excluding diaryl/α,β-unsaturated/α-hetero) is 1. The number of phenols is 1. The zero-order valence-electron chi connectivity index (χ0n) is 11.9. The molecule has 3 nitrogen and oxygen atoms in total. The quantitative estimate of drug-likeness (QED) is 0.882. The molecule has 0 bridgehead atoms. The monoisotopic (exact) mass is 312 g/mol. The minimum Gasteiger partial charge on any atom is -0.511 e. The van der Waals surface area contributed by atoms with E-state index in [-0.39, 0.29) is 23.2 Å². The predicted molar refractivity (Wildman–Crippen MR) is 87.0 cm³/mol. The van der Waals surface area contributed by atoms with Crippen LogP contribution in [0.1, 0.15) is 24.3 Å². The number of carbonyl (C=O) groups is 1. The van der Waals surface area contributed by atoms with Gasteiger partial charge >= 0.3 is 0 Å². The fourth-order valence-corrected chi connectivity index (χ4v) is 3.54. The van der Waals surface area contributed by atoms with E-state index in [1.165, 1.54) is 0 Å². The van der Waals surface area contributed by atoms with Crippen molar-refractivity contribution in [1.82, 2.24) is 0 Å². The van der Waals surface area contributed by atoms with Crippen LogP contribution in [0.2, 0.25) is 0 Å². The molecule has 0 fully saturated rings. The summed E-state index contributed by atoms with van der Waals surface area (Å²) in [7, 11) is 0. The van der Waals surface area contributed by atoms with E-state index in [1.807, 2.05) is 30.3 Å². The molecule has 1 aliphatic rings. The highest BCUT2D eigenvalue weighted by Gasteiger charge is 2.29. The molecule has 1 atom stereocenters. The van der Waals surface area contributed by atoms with E-state index in [0.29, 0.717) is 22.6 Å². The van der Waals surface area contributed by atoms with Gasteiger partial charge in [0.1, 0.15) is 11.5 Å². The first kappa shape index (κ1) is 14.7. The lowest BCUT2D eigenvalue weighted by Gasteiger charge is -2.23. The summed E-state index contributed by atoms with van der Waals surface area (Å²) < 4.78 is 0. The highest BCUT2D eigenvalue weighted by Crippen LogP contribution is 2.42. The first-order valence-electron chi connectivity index (χ1n) is 7.11. The average Bonchev–Trinajstić information content (AvgIpc) is 2.53. The number of allylic oxidation sites excluding steroid dienone is 2. The van der Waals surface area contributed by atoms with Gasteiger partial charge in [-0.2, -0.15) is 0 Å². The molecule has 0 aromatic heterocycles. The molecule has 0 saturated heterocycles. The molecule has 2 aromatic rings. The number of thioether (sulfide) groups is 1. The van der Waals surface area contributed by atoms with E-state index in [9.17, 15) is 15.0 Å². The van der Waals surface area contributed by atoms with Crippen molar-refractivity contribution in [3.8, 4) is 5.75 Å². The highest BCUT2D eigenvalue weighted by molar-refractivity contribution is 8.04. The Kier molecular flexibility index (Phi) is 4.20. The maximum atomic E-state index is 12.4. The van der Waals surface area contributed by atoms with Crippen LogP contribution >= 0.6 is 11.8 Å². The van der Waals surface area contributed by atoms with Crippen LogP contribution in [0, 0.1) is 0 Å². The molecular weight excluding hydrogens is 296 g/mol. The standard InChI is InChI=1S/C18H16O3S/c19-14-8-4-5-9-17(14)22-18-15(20)10-13(11-16(18)21)12-6-2-1-3-7-12/h1-9,13,19-20H,10-11H2. The Morgan fingerprint density at radius 3 is 2.27 bits per heavy atom. The number of aliphatic hydroxyl groups excluding tert-OH is 1. The van der Waals surface area contributed by atoms with Crippen molar-refractivity contribution in [3.05, 3.63) is 70.8 Å². The SMILES string of the molecule is O=C1CC(c2ccccc2)CC(O)=C1Sc1ccccc1O. The first-order valence-corrected chi connectivity index (χ1v) is 7.93. The molecule has 4 heteroatoms. The van der Waals surface area contributed by atoms with E-state index in [4.69, 9.17) is 0 Å². The lowest BCUT2D eigenvalue weighted by molar-refractivity contribution is -0.115. The highest BCUT2D eigenvalue weighted by atomic mass is 32.2. The summed E-state index contributed by atoms with van der Waals surface area (Å²) in [6.07, 6.45) is 0.829. The third kappa shape index (κ3) is 3.02. The average molecular weight is 312 g/mol. The number of hydrogen-bond donors (Lipinski definition) is 2. The Balaban J connectivity index is 1.84. The van der Waals surface area contributed by atoms with Gasteiger partial charge in [0, 0.05) is 12.8 Å². The number of carbonyl (C=O) groups excluding carboxylic acids is 1. The molecule has 2 aromatic carbocycles. The number of aromatic hydroxyl groups is 1. The van der Waals surface area contributed by atoms with Crippen LogP contribution in [-0.2, 0) is 4.79 Å². The molecule has 0 amide bonds. The van der Waals surface area contributed by atoms with Gasteiger partial charge in [-0.15, -0.1) is 0 Å². The van der Waals surface area contributed by atoms with E-state index in [2.05, 4.69) is 0 Å². The van der Waals surface area contributed by atoms with Crippen LogP contribution in [0.3, 0.4) is 0 Å². The zero-order valence-corrected chi connectivity index (χ0v) is 12.7. The molecule has 2 N–H and O–H groups in total. The summed E-state index contributed by atoms with van der Waals surface area (Å²) >= 11 is 1.13. The molecule has 0 heterocycles. The maximum Gasteiger partial charge on any atom is 0.173 e. The molecule has 22 heavy (non-hydrogen) atoms. The summed E-state index contributed by atoms with van der Waals surface area (Å²) in [5.74, 6) is 0.164. The van der Waals surface area contributed by atoms with Crippen LogP contribution < -0.4 is 0 Å². The van der Waals surface area contributed by atoms with Gasteiger partial charge in [0.2, 0.25) is 0 Å². The van der Waals surface area contributed by atoms with Crippen molar-refractivity contribution in [1.29, 1.82) is 0 Å². The second-order valence-electron chi connectivity index (χ2n) is 5.28. The van der Waals surface area contributed by atoms with Gasteiger partial charge in [-0.25, -0.2) is 0 Å². The van der Waals surface area contributed by atoms with Gasteiger partial charge in [-0.3, -0.25) is 4.79 Å². The topological polar surface area (TPSA) is 57.5 Å². The minimum atomic E-state index is -0.0779. The number of ketones is 1. The van der Waals surface area contributed by atoms with Crippen molar-refractivity contribution < 1.29 is 15.0 Å². The Morgan fingerprint density at radius 2 is 1.59 bits per heavy atom. The fourth-order valence-electron chi connectivity index (χ4n) is 2.61. The normalized spacial score (nSPS) is 18.5. The van der Waals surface area contributed by atoms with Crippen LogP contribution in [0.5, 0.6) is 5.75 Å². The summed E-state index contributed by atoms with van der Waals surface area (Å²) in [5.41, 5.74) is 1.06. The second kappa shape index (κ2) is 6.28. The number of phenolic OH excluding ortho intramolecular Hbond substituents is 1. The molecule has 0 saturated carbocycles. The third-order valence-corrected chi connectivity index (χ3v) is 4.97. The molecule has 1 unspecified atom stereocenters. The summed E-state index contributed by atoms with van der Waals surface area (Å²) in [5, 5.41) is 20.1. The summed E-state index contributed by atoms with van der Waals surface area (Å²) in [4.78, 5) is 13.3. The molecule has 112 valence electrons. The zero-order chi connectivity index (χ0) is 15.5. The third-order valence-electron chi connectivity index (χ3n) is 3.74. The van der Waals surface area contributed by atoms with Crippen molar-refractivity contribution in [2.24, 2.45) is 0 Å². The van der Waals surface area contributed by atoms with Crippen LogP contribution in [0.15, 0.2) is 70.2 Å². The number of para-hydroxylation sites is 1. The number of aliphatic hydroxyl groups is 1. The van der Waals surface area contributed by atoms with Gasteiger partial charge in [0.25, 0.3) is 0 Å². The maximum absolute atomic E-state index is 12.4. The van der Waals surface area contributed by atoms with E-state index in [0.717, 1.165) is 17.3 Å². The van der Waals surface area contributed by atoms with Gasteiger partial charge in [-0.1, -0.05) is 54.2 Å². The van der Waals surface area contributed by atoms with Crippen molar-refractivity contribution in [2.45, 2.75) is 23.7 Å². The smallest absolute Gasteiger partial charge is 0.173 e. The van der Waals surface area contributed by atoms with E-state index in [1.54, 1.807) is 24.3 Å². The Labute approximate surface area is 133 Å². The first-order chi connectivity index (χ1) is 10.6. The molecule has 3 rings (SSSR count). The van der Waals surface area contributed by atoms with E-state index < -0.39 is 0 Å². The Bertz CT molecular complexity index is 722. The van der Waals surface area contributed by atoms with Gasteiger partial charge in [-0.05, 0) is 23.6 Å². The molecule has 1 aliphatic carbocycles. The van der Waals surface area contributed by atoms with Gasteiger partial charge < -0.3 is 10.2 Å². The van der Waals surface area contributed by atoms with E-state index >= 15 is 0 Å². The number of rotatable bonds is 3. The minimum absolute atomic E-state index is 0.0161. The number of hydrogen-bond acceptors (Lipinski definition) is 4. The second-order valence-corrected chi connectivity index (χ2v) is 6.34. The van der Waals surface area contributed by atoms with Crippen LogP contribution in [-0.4, -0.2) is 16.0 Å². The number of benzene rings is 2. The molecule has 0 spiro atoms. The van der Waals surface area contributed by atoms with Gasteiger partial charge in [0.15, 0.2) is 5.78 Å². The van der Waals surface area contributed by atoms with Crippen LogP contribution in [0.25, 0.3) is 0 Å². The Morgan fingerprint density at radius 1 is 0.909 bits per heavy atom. The van der Waals surface area contributed by atoms with Crippen LogP contribution in [0.4, 0.5) is 0 Å². The van der Waals surface area contributed by atoms with Gasteiger partial charge in [0.05, 0.1) is 9.80 Å². The molecule has 0 radical (unpaired) electrons. The lowest BCUT2D eigenvalue weighted by atomic mass is 9.86. The molecule has 0 aliphatic heterocycles. The van der Waals surface area contributed by atoms with Crippen molar-refractivity contribution in [3.63, 3.8) is 0 Å². The predicted octanol–water partition coefficient (Wildman–Crippen LogP) is 4.40. The largest absolute Gasteiger partial charge is 0.511 e. The fraction of sp³-hybridized carbons (Fsp3) is 0.167. The molecular formula is C18H16O3S. The van der Waals surface area contributed by atoms with Crippen molar-refractivity contribution >= 4 is 17.5 Å².